The monoisotopic (exact) mass is 307 g/mol. The SMILES string of the molecule is CCCNCC(C)S(=O)(=O)Nc1cnc2ccccc2c1. The normalized spacial score (nSPS) is 13.2. The third-order valence-electron chi connectivity index (χ3n) is 3.24. The fraction of sp³-hybridized carbons (Fsp3) is 0.400. The van der Waals surface area contributed by atoms with Crippen molar-refractivity contribution in [3.63, 3.8) is 0 Å². The van der Waals surface area contributed by atoms with Gasteiger partial charge in [-0.1, -0.05) is 25.1 Å². The Morgan fingerprint density at radius 2 is 2.05 bits per heavy atom. The molecular weight excluding hydrogens is 286 g/mol. The molecule has 0 radical (unpaired) electrons. The van der Waals surface area contributed by atoms with Crippen LogP contribution in [0, 0.1) is 0 Å². The smallest absolute Gasteiger partial charge is 0.236 e. The standard InChI is InChI=1S/C15H21N3O2S/c1-3-8-16-10-12(2)21(19,20)18-14-9-13-6-4-5-7-15(13)17-11-14/h4-7,9,11-12,16,18H,3,8,10H2,1-2H3. The predicted molar refractivity (Wildman–Crippen MR) is 86.9 cm³/mol. The van der Waals surface area contributed by atoms with Crippen LogP contribution in [-0.2, 0) is 10.0 Å². The Morgan fingerprint density at radius 1 is 1.29 bits per heavy atom. The van der Waals surface area contributed by atoms with Gasteiger partial charge in [0.15, 0.2) is 0 Å². The van der Waals surface area contributed by atoms with E-state index in [2.05, 4.69) is 15.0 Å². The van der Waals surface area contributed by atoms with E-state index in [1.807, 2.05) is 31.2 Å². The van der Waals surface area contributed by atoms with Crippen molar-refractivity contribution in [3.8, 4) is 0 Å². The van der Waals surface area contributed by atoms with Gasteiger partial charge in [0.1, 0.15) is 0 Å². The third-order valence-corrected chi connectivity index (χ3v) is 4.99. The fourth-order valence-corrected chi connectivity index (χ4v) is 2.96. The molecule has 6 heteroatoms. The summed E-state index contributed by atoms with van der Waals surface area (Å²) in [5.41, 5.74) is 1.34. The van der Waals surface area contributed by atoms with Crippen LogP contribution in [0.4, 0.5) is 5.69 Å². The number of benzene rings is 1. The molecule has 21 heavy (non-hydrogen) atoms. The molecular formula is C15H21N3O2S. The number of anilines is 1. The molecule has 0 saturated carbocycles. The number of nitrogens with zero attached hydrogens (tertiary/aromatic N) is 1. The van der Waals surface area contributed by atoms with Gasteiger partial charge in [-0.3, -0.25) is 9.71 Å². The van der Waals surface area contributed by atoms with Gasteiger partial charge in [-0.25, -0.2) is 8.42 Å². The van der Waals surface area contributed by atoms with Gasteiger partial charge in [0.05, 0.1) is 22.7 Å². The fourth-order valence-electron chi connectivity index (χ4n) is 1.98. The summed E-state index contributed by atoms with van der Waals surface area (Å²) in [7, 11) is -3.41. The lowest BCUT2D eigenvalue weighted by atomic mass is 10.2. The van der Waals surface area contributed by atoms with Crippen molar-refractivity contribution >= 4 is 26.6 Å². The van der Waals surface area contributed by atoms with E-state index in [1.165, 1.54) is 0 Å². The maximum atomic E-state index is 12.3. The number of para-hydroxylation sites is 1. The summed E-state index contributed by atoms with van der Waals surface area (Å²) in [6.45, 7) is 4.99. The zero-order valence-corrected chi connectivity index (χ0v) is 13.2. The second-order valence-electron chi connectivity index (χ2n) is 5.08. The molecule has 0 amide bonds. The summed E-state index contributed by atoms with van der Waals surface area (Å²) in [6, 6.07) is 9.41. The van der Waals surface area contributed by atoms with Gasteiger partial charge in [0.2, 0.25) is 10.0 Å². The van der Waals surface area contributed by atoms with Crippen LogP contribution < -0.4 is 10.0 Å². The lowest BCUT2D eigenvalue weighted by Gasteiger charge is -2.15. The quantitative estimate of drug-likeness (QED) is 0.770. The molecule has 114 valence electrons. The van der Waals surface area contributed by atoms with Crippen LogP contribution in [0.5, 0.6) is 0 Å². The van der Waals surface area contributed by atoms with Gasteiger partial charge in [0, 0.05) is 11.9 Å². The highest BCUT2D eigenvalue weighted by Crippen LogP contribution is 2.18. The van der Waals surface area contributed by atoms with Crippen molar-refractivity contribution in [1.82, 2.24) is 10.3 Å². The summed E-state index contributed by atoms with van der Waals surface area (Å²) in [4.78, 5) is 4.26. The van der Waals surface area contributed by atoms with Crippen molar-refractivity contribution in [2.75, 3.05) is 17.8 Å². The van der Waals surface area contributed by atoms with Crippen LogP contribution >= 0.6 is 0 Å². The Labute approximate surface area is 125 Å². The van der Waals surface area contributed by atoms with Crippen molar-refractivity contribution in [1.29, 1.82) is 0 Å². The van der Waals surface area contributed by atoms with Crippen molar-refractivity contribution in [2.24, 2.45) is 0 Å². The molecule has 5 nitrogen and oxygen atoms in total. The van der Waals surface area contributed by atoms with E-state index in [0.717, 1.165) is 23.9 Å². The molecule has 0 saturated heterocycles. The first kappa shape index (κ1) is 15.7. The zero-order chi connectivity index (χ0) is 15.3. The Bertz CT molecular complexity index is 701. The number of fused-ring (bicyclic) bond motifs is 1. The number of pyridine rings is 1. The van der Waals surface area contributed by atoms with Gasteiger partial charge in [-0.15, -0.1) is 0 Å². The lowest BCUT2D eigenvalue weighted by Crippen LogP contribution is -2.35. The molecule has 2 aromatic rings. The first-order valence-electron chi connectivity index (χ1n) is 7.10. The average Bonchev–Trinajstić information content (AvgIpc) is 2.47. The Kier molecular flexibility index (Phi) is 5.14. The molecule has 1 aromatic carbocycles. The highest BCUT2D eigenvalue weighted by molar-refractivity contribution is 7.93. The largest absolute Gasteiger partial charge is 0.315 e. The van der Waals surface area contributed by atoms with Crippen LogP contribution in [0.15, 0.2) is 36.5 Å². The van der Waals surface area contributed by atoms with Gasteiger partial charge < -0.3 is 5.32 Å². The maximum absolute atomic E-state index is 12.3. The molecule has 1 unspecified atom stereocenters. The molecule has 0 spiro atoms. The van der Waals surface area contributed by atoms with Gasteiger partial charge in [-0.05, 0) is 32.0 Å². The van der Waals surface area contributed by atoms with E-state index in [1.54, 1.807) is 19.2 Å². The van der Waals surface area contributed by atoms with E-state index in [9.17, 15) is 8.42 Å². The number of aromatic nitrogens is 1. The highest BCUT2D eigenvalue weighted by atomic mass is 32.2. The molecule has 1 atom stereocenters. The molecule has 0 bridgehead atoms. The number of rotatable bonds is 7. The second-order valence-corrected chi connectivity index (χ2v) is 7.18. The molecule has 1 heterocycles. The summed E-state index contributed by atoms with van der Waals surface area (Å²) >= 11 is 0. The molecule has 0 aliphatic rings. The lowest BCUT2D eigenvalue weighted by molar-refractivity contribution is 0.576. The molecule has 0 fully saturated rings. The van der Waals surface area contributed by atoms with E-state index >= 15 is 0 Å². The molecule has 1 aromatic heterocycles. The van der Waals surface area contributed by atoms with Gasteiger partial charge in [0.25, 0.3) is 0 Å². The van der Waals surface area contributed by atoms with Crippen molar-refractivity contribution in [2.45, 2.75) is 25.5 Å². The van der Waals surface area contributed by atoms with E-state index in [4.69, 9.17) is 0 Å². The second kappa shape index (κ2) is 6.87. The maximum Gasteiger partial charge on any atom is 0.236 e. The Hall–Kier alpha value is -1.66. The predicted octanol–water partition coefficient (Wildman–Crippen LogP) is 2.36. The zero-order valence-electron chi connectivity index (χ0n) is 12.3. The first-order valence-corrected chi connectivity index (χ1v) is 8.64. The number of hydrogen-bond donors (Lipinski definition) is 2. The van der Waals surface area contributed by atoms with Crippen LogP contribution in [-0.4, -0.2) is 31.7 Å². The minimum Gasteiger partial charge on any atom is -0.315 e. The summed E-state index contributed by atoms with van der Waals surface area (Å²) in [5, 5.41) is 3.53. The highest BCUT2D eigenvalue weighted by Gasteiger charge is 2.20. The summed E-state index contributed by atoms with van der Waals surface area (Å²) < 4.78 is 27.1. The van der Waals surface area contributed by atoms with Gasteiger partial charge >= 0.3 is 0 Å². The minimum absolute atomic E-state index is 0.435. The van der Waals surface area contributed by atoms with Crippen LogP contribution in [0.1, 0.15) is 20.3 Å². The third kappa shape index (κ3) is 4.15. The van der Waals surface area contributed by atoms with Crippen molar-refractivity contribution in [3.05, 3.63) is 36.5 Å². The molecule has 2 rings (SSSR count). The molecule has 0 aliphatic carbocycles. The number of hydrogen-bond acceptors (Lipinski definition) is 4. The van der Waals surface area contributed by atoms with Crippen LogP contribution in [0.3, 0.4) is 0 Å². The van der Waals surface area contributed by atoms with Gasteiger partial charge in [-0.2, -0.15) is 0 Å². The summed E-state index contributed by atoms with van der Waals surface area (Å²) in [5.74, 6) is 0. The van der Waals surface area contributed by atoms with Crippen LogP contribution in [0.25, 0.3) is 10.9 Å². The number of nitrogens with one attached hydrogen (secondary N) is 2. The minimum atomic E-state index is -3.41. The topological polar surface area (TPSA) is 71.1 Å². The number of sulfonamides is 1. The molecule has 0 aliphatic heterocycles. The van der Waals surface area contributed by atoms with E-state index in [0.29, 0.717) is 12.2 Å². The Morgan fingerprint density at radius 3 is 2.81 bits per heavy atom. The van der Waals surface area contributed by atoms with Crippen LogP contribution in [0.2, 0.25) is 0 Å². The molecule has 2 N–H and O–H groups in total. The first-order chi connectivity index (χ1) is 10.0. The summed E-state index contributed by atoms with van der Waals surface area (Å²) in [6.07, 6.45) is 2.53. The van der Waals surface area contributed by atoms with Crippen molar-refractivity contribution < 1.29 is 8.42 Å². The van der Waals surface area contributed by atoms with E-state index < -0.39 is 15.3 Å². The average molecular weight is 307 g/mol. The van der Waals surface area contributed by atoms with E-state index in [-0.39, 0.29) is 0 Å². The Balaban J connectivity index is 2.10.